The zero-order valence-electron chi connectivity index (χ0n) is 9.22. The maximum atomic E-state index is 11.9. The standard InChI is InChI=1S/C10H14N4O3/c11-9(13-16)10(4-1-2-5-10)12-8(15)7-3-6-17-14-7/h3,6,16H,1-2,4-5H2,(H2,11,13)(H,12,15). The Kier molecular flexibility index (Phi) is 2.99. The minimum atomic E-state index is -0.759. The topological polar surface area (TPSA) is 114 Å². The van der Waals surface area contributed by atoms with E-state index in [4.69, 9.17) is 10.9 Å². The van der Waals surface area contributed by atoms with Gasteiger partial charge in [0.05, 0.1) is 0 Å². The van der Waals surface area contributed by atoms with Crippen molar-refractivity contribution in [2.45, 2.75) is 31.2 Å². The molecule has 1 aromatic rings. The molecule has 0 radical (unpaired) electrons. The Morgan fingerprint density at radius 3 is 2.82 bits per heavy atom. The molecule has 0 unspecified atom stereocenters. The summed E-state index contributed by atoms with van der Waals surface area (Å²) in [7, 11) is 0. The van der Waals surface area contributed by atoms with Gasteiger partial charge in [0.2, 0.25) is 0 Å². The van der Waals surface area contributed by atoms with Gasteiger partial charge in [-0.2, -0.15) is 0 Å². The van der Waals surface area contributed by atoms with Crippen molar-refractivity contribution in [3.63, 3.8) is 0 Å². The van der Waals surface area contributed by atoms with Crippen LogP contribution < -0.4 is 11.1 Å². The molecule has 2 rings (SSSR count). The number of nitrogens with one attached hydrogen (secondary N) is 1. The van der Waals surface area contributed by atoms with E-state index in [1.165, 1.54) is 12.3 Å². The Hall–Kier alpha value is -2.05. The average Bonchev–Trinajstić information content (AvgIpc) is 2.99. The molecule has 0 saturated heterocycles. The van der Waals surface area contributed by atoms with Gasteiger partial charge in [-0.1, -0.05) is 23.2 Å². The molecule has 4 N–H and O–H groups in total. The van der Waals surface area contributed by atoms with Gasteiger partial charge in [-0.3, -0.25) is 4.79 Å². The summed E-state index contributed by atoms with van der Waals surface area (Å²) in [5, 5.41) is 18.1. The largest absolute Gasteiger partial charge is 0.409 e. The number of amidine groups is 1. The Morgan fingerprint density at radius 2 is 2.29 bits per heavy atom. The molecule has 1 amide bonds. The number of rotatable bonds is 3. The SMILES string of the molecule is NC(=NO)C1(NC(=O)c2ccon2)CCCC1. The molecule has 7 heteroatoms. The van der Waals surface area contributed by atoms with E-state index in [1.807, 2.05) is 0 Å². The van der Waals surface area contributed by atoms with Crippen molar-refractivity contribution in [2.75, 3.05) is 0 Å². The summed E-state index contributed by atoms with van der Waals surface area (Å²) in [6, 6.07) is 1.46. The number of amides is 1. The monoisotopic (exact) mass is 238 g/mol. The molecule has 0 aromatic carbocycles. The lowest BCUT2D eigenvalue weighted by Gasteiger charge is -2.28. The molecule has 1 saturated carbocycles. The van der Waals surface area contributed by atoms with E-state index in [0.29, 0.717) is 12.8 Å². The Morgan fingerprint density at radius 1 is 1.59 bits per heavy atom. The van der Waals surface area contributed by atoms with Crippen molar-refractivity contribution in [3.8, 4) is 0 Å². The highest BCUT2D eigenvalue weighted by Crippen LogP contribution is 2.30. The van der Waals surface area contributed by atoms with Crippen LogP contribution in [0.25, 0.3) is 0 Å². The fourth-order valence-electron chi connectivity index (χ4n) is 2.13. The van der Waals surface area contributed by atoms with Crippen molar-refractivity contribution >= 4 is 11.7 Å². The third-order valence-corrected chi connectivity index (χ3v) is 3.08. The molecule has 1 aromatic heterocycles. The number of carbonyl (C=O) groups excluding carboxylic acids is 1. The highest BCUT2D eigenvalue weighted by Gasteiger charge is 2.40. The first-order chi connectivity index (χ1) is 8.18. The third kappa shape index (κ3) is 2.08. The first-order valence-electron chi connectivity index (χ1n) is 5.39. The summed E-state index contributed by atoms with van der Waals surface area (Å²) in [4.78, 5) is 11.9. The van der Waals surface area contributed by atoms with Gasteiger partial charge in [0.25, 0.3) is 5.91 Å². The van der Waals surface area contributed by atoms with Gasteiger partial charge in [-0.15, -0.1) is 0 Å². The number of nitrogens with two attached hydrogens (primary N) is 1. The molecule has 92 valence electrons. The van der Waals surface area contributed by atoms with Crippen LogP contribution in [-0.2, 0) is 0 Å². The molecule has 17 heavy (non-hydrogen) atoms. The lowest BCUT2D eigenvalue weighted by molar-refractivity contribution is 0.0913. The summed E-state index contributed by atoms with van der Waals surface area (Å²) in [6.45, 7) is 0. The van der Waals surface area contributed by atoms with Gasteiger partial charge in [-0.25, -0.2) is 0 Å². The van der Waals surface area contributed by atoms with Crippen LogP contribution in [0.4, 0.5) is 0 Å². The number of hydrogen-bond donors (Lipinski definition) is 3. The molecule has 1 aliphatic carbocycles. The lowest BCUT2D eigenvalue weighted by Crippen LogP contribution is -2.55. The molecule has 0 spiro atoms. The fraction of sp³-hybridized carbons (Fsp3) is 0.500. The number of nitrogens with zero attached hydrogens (tertiary/aromatic N) is 2. The van der Waals surface area contributed by atoms with Gasteiger partial charge in [0.15, 0.2) is 11.5 Å². The van der Waals surface area contributed by atoms with E-state index in [2.05, 4.69) is 20.2 Å². The smallest absolute Gasteiger partial charge is 0.274 e. The molecular weight excluding hydrogens is 224 g/mol. The summed E-state index contributed by atoms with van der Waals surface area (Å²) >= 11 is 0. The van der Waals surface area contributed by atoms with Gasteiger partial charge < -0.3 is 20.8 Å². The predicted octanol–water partition coefficient (Wildman–Crippen LogP) is 0.464. The van der Waals surface area contributed by atoms with E-state index in [1.54, 1.807) is 0 Å². The van der Waals surface area contributed by atoms with E-state index >= 15 is 0 Å². The van der Waals surface area contributed by atoms with E-state index in [-0.39, 0.29) is 17.4 Å². The average molecular weight is 238 g/mol. The van der Waals surface area contributed by atoms with E-state index in [9.17, 15) is 4.79 Å². The van der Waals surface area contributed by atoms with Gasteiger partial charge in [0.1, 0.15) is 11.8 Å². The zero-order chi connectivity index (χ0) is 12.3. The summed E-state index contributed by atoms with van der Waals surface area (Å²) in [5.74, 6) is -0.348. The van der Waals surface area contributed by atoms with E-state index < -0.39 is 5.54 Å². The summed E-state index contributed by atoms with van der Waals surface area (Å²) in [6.07, 6.45) is 4.49. The van der Waals surface area contributed by atoms with Crippen molar-refractivity contribution < 1.29 is 14.5 Å². The van der Waals surface area contributed by atoms with Crippen LogP contribution in [-0.4, -0.2) is 27.6 Å². The zero-order valence-corrected chi connectivity index (χ0v) is 9.22. The number of carbonyl (C=O) groups is 1. The van der Waals surface area contributed by atoms with Crippen LogP contribution in [0, 0.1) is 0 Å². The Bertz CT molecular complexity index is 421. The van der Waals surface area contributed by atoms with Crippen LogP contribution >= 0.6 is 0 Å². The molecule has 0 atom stereocenters. The molecule has 7 nitrogen and oxygen atoms in total. The highest BCUT2D eigenvalue weighted by molar-refractivity contribution is 5.99. The second-order valence-corrected chi connectivity index (χ2v) is 4.11. The third-order valence-electron chi connectivity index (χ3n) is 3.08. The normalized spacial score (nSPS) is 19.2. The van der Waals surface area contributed by atoms with Crippen molar-refractivity contribution in [1.29, 1.82) is 0 Å². The second kappa shape index (κ2) is 4.44. The predicted molar refractivity (Wildman–Crippen MR) is 58.6 cm³/mol. The molecule has 0 aliphatic heterocycles. The Labute approximate surface area is 97.6 Å². The highest BCUT2D eigenvalue weighted by atomic mass is 16.5. The van der Waals surface area contributed by atoms with Crippen LogP contribution in [0.3, 0.4) is 0 Å². The lowest BCUT2D eigenvalue weighted by atomic mass is 9.96. The first-order valence-corrected chi connectivity index (χ1v) is 5.39. The fourth-order valence-corrected chi connectivity index (χ4v) is 2.13. The molecule has 1 aliphatic rings. The van der Waals surface area contributed by atoms with Gasteiger partial charge in [0, 0.05) is 6.07 Å². The second-order valence-electron chi connectivity index (χ2n) is 4.11. The van der Waals surface area contributed by atoms with Crippen LogP contribution in [0.1, 0.15) is 36.2 Å². The molecule has 0 bridgehead atoms. The Balaban J connectivity index is 2.17. The van der Waals surface area contributed by atoms with Crippen LogP contribution in [0.5, 0.6) is 0 Å². The van der Waals surface area contributed by atoms with Gasteiger partial charge in [-0.05, 0) is 12.8 Å². The molecule has 1 heterocycles. The van der Waals surface area contributed by atoms with E-state index in [0.717, 1.165) is 12.8 Å². The summed E-state index contributed by atoms with van der Waals surface area (Å²) in [5.41, 5.74) is 5.08. The quantitative estimate of drug-likeness (QED) is 0.306. The van der Waals surface area contributed by atoms with Crippen LogP contribution in [0.15, 0.2) is 22.0 Å². The van der Waals surface area contributed by atoms with Crippen molar-refractivity contribution in [2.24, 2.45) is 10.9 Å². The summed E-state index contributed by atoms with van der Waals surface area (Å²) < 4.78 is 4.60. The van der Waals surface area contributed by atoms with Gasteiger partial charge >= 0.3 is 0 Å². The maximum Gasteiger partial charge on any atom is 0.274 e. The molecule has 1 fully saturated rings. The number of aromatic nitrogens is 1. The first kappa shape index (κ1) is 11.4. The number of oxime groups is 1. The maximum absolute atomic E-state index is 11.9. The van der Waals surface area contributed by atoms with Crippen molar-refractivity contribution in [3.05, 3.63) is 18.0 Å². The van der Waals surface area contributed by atoms with Crippen LogP contribution in [0.2, 0.25) is 0 Å². The minimum Gasteiger partial charge on any atom is -0.409 e. The molecular formula is C10H14N4O3. The number of hydrogen-bond acceptors (Lipinski definition) is 5. The van der Waals surface area contributed by atoms with Crippen molar-refractivity contribution in [1.82, 2.24) is 10.5 Å². The minimum absolute atomic E-state index is 0.0341.